The van der Waals surface area contributed by atoms with Gasteiger partial charge in [-0.2, -0.15) is 0 Å². The lowest BCUT2D eigenvalue weighted by Crippen LogP contribution is -2.12. The van der Waals surface area contributed by atoms with E-state index < -0.39 is 0 Å². The Morgan fingerprint density at radius 3 is 2.65 bits per heavy atom. The van der Waals surface area contributed by atoms with Crippen LogP contribution in [-0.4, -0.2) is 15.4 Å². The summed E-state index contributed by atoms with van der Waals surface area (Å²) in [5.41, 5.74) is 3.71. The van der Waals surface area contributed by atoms with E-state index in [1.807, 2.05) is 0 Å². The molecular formula is C17H23ClN2. The monoisotopic (exact) mass is 290 g/mol. The predicted molar refractivity (Wildman–Crippen MR) is 85.6 cm³/mol. The Labute approximate surface area is 126 Å². The van der Waals surface area contributed by atoms with Crippen molar-refractivity contribution in [1.29, 1.82) is 0 Å². The zero-order chi connectivity index (χ0) is 13.9. The van der Waals surface area contributed by atoms with E-state index in [1.165, 1.54) is 55.4 Å². The van der Waals surface area contributed by atoms with Crippen LogP contribution in [0, 0.1) is 6.92 Å². The first-order valence-electron chi connectivity index (χ1n) is 7.83. The molecule has 0 unspecified atom stereocenters. The Morgan fingerprint density at radius 1 is 1.20 bits per heavy atom. The summed E-state index contributed by atoms with van der Waals surface area (Å²) in [7, 11) is 0. The number of aromatic nitrogens is 2. The second kappa shape index (κ2) is 6.17. The third-order valence-corrected chi connectivity index (χ3v) is 4.61. The summed E-state index contributed by atoms with van der Waals surface area (Å²) in [5, 5.41) is 0. The Kier molecular flexibility index (Phi) is 4.30. The SMILES string of the molecule is Cc1ccc2c(c1)nc(CCCl)n2C1CCCCCC1. The quantitative estimate of drug-likeness (QED) is 0.573. The highest BCUT2D eigenvalue weighted by Gasteiger charge is 2.20. The minimum Gasteiger partial charge on any atom is -0.325 e. The third kappa shape index (κ3) is 2.71. The van der Waals surface area contributed by atoms with Crippen LogP contribution in [0.15, 0.2) is 18.2 Å². The molecular weight excluding hydrogens is 268 g/mol. The summed E-state index contributed by atoms with van der Waals surface area (Å²) in [6.45, 7) is 2.13. The van der Waals surface area contributed by atoms with E-state index in [4.69, 9.17) is 16.6 Å². The molecule has 2 aromatic rings. The van der Waals surface area contributed by atoms with Crippen LogP contribution in [0.1, 0.15) is 56.0 Å². The van der Waals surface area contributed by atoms with Gasteiger partial charge in [0.05, 0.1) is 11.0 Å². The minimum atomic E-state index is 0.614. The highest BCUT2D eigenvalue weighted by atomic mass is 35.5. The Morgan fingerprint density at radius 2 is 1.95 bits per heavy atom. The number of imidazole rings is 1. The molecule has 1 fully saturated rings. The van der Waals surface area contributed by atoms with Crippen LogP contribution < -0.4 is 0 Å². The van der Waals surface area contributed by atoms with Crippen molar-refractivity contribution < 1.29 is 0 Å². The summed E-state index contributed by atoms with van der Waals surface area (Å²) in [6.07, 6.45) is 8.89. The smallest absolute Gasteiger partial charge is 0.111 e. The Bertz CT molecular complexity index is 580. The Balaban J connectivity index is 2.07. The van der Waals surface area contributed by atoms with E-state index >= 15 is 0 Å². The normalized spacial score (nSPS) is 17.5. The number of alkyl halides is 1. The largest absolute Gasteiger partial charge is 0.325 e. The van der Waals surface area contributed by atoms with Crippen molar-refractivity contribution >= 4 is 22.6 Å². The molecule has 0 aliphatic heterocycles. The molecule has 3 heteroatoms. The van der Waals surface area contributed by atoms with Gasteiger partial charge in [0.25, 0.3) is 0 Å². The fraction of sp³-hybridized carbons (Fsp3) is 0.588. The molecule has 108 valence electrons. The molecule has 20 heavy (non-hydrogen) atoms. The fourth-order valence-corrected chi connectivity index (χ4v) is 3.61. The van der Waals surface area contributed by atoms with Crippen LogP contribution in [-0.2, 0) is 6.42 Å². The van der Waals surface area contributed by atoms with Crippen LogP contribution >= 0.6 is 11.6 Å². The second-order valence-corrected chi connectivity index (χ2v) is 6.35. The van der Waals surface area contributed by atoms with Gasteiger partial charge < -0.3 is 4.57 Å². The molecule has 1 saturated carbocycles. The molecule has 0 radical (unpaired) electrons. The van der Waals surface area contributed by atoms with Crippen LogP contribution in [0.5, 0.6) is 0 Å². The zero-order valence-corrected chi connectivity index (χ0v) is 13.0. The summed E-state index contributed by atoms with van der Waals surface area (Å²) < 4.78 is 2.49. The first-order chi connectivity index (χ1) is 9.79. The summed E-state index contributed by atoms with van der Waals surface area (Å²) in [6, 6.07) is 7.24. The second-order valence-electron chi connectivity index (χ2n) is 5.97. The van der Waals surface area contributed by atoms with Gasteiger partial charge in [-0.1, -0.05) is 31.7 Å². The first-order valence-corrected chi connectivity index (χ1v) is 8.36. The molecule has 1 aliphatic carbocycles. The van der Waals surface area contributed by atoms with Crippen LogP contribution in [0.3, 0.4) is 0 Å². The number of hydrogen-bond acceptors (Lipinski definition) is 1. The lowest BCUT2D eigenvalue weighted by Gasteiger charge is -2.20. The fourth-order valence-electron chi connectivity index (χ4n) is 3.44. The van der Waals surface area contributed by atoms with Gasteiger partial charge in [0.15, 0.2) is 0 Å². The zero-order valence-electron chi connectivity index (χ0n) is 12.2. The van der Waals surface area contributed by atoms with E-state index in [9.17, 15) is 0 Å². The molecule has 0 saturated heterocycles. The summed E-state index contributed by atoms with van der Waals surface area (Å²) in [4.78, 5) is 4.85. The topological polar surface area (TPSA) is 17.8 Å². The summed E-state index contributed by atoms with van der Waals surface area (Å²) in [5.74, 6) is 1.82. The van der Waals surface area contributed by atoms with Gasteiger partial charge in [0.1, 0.15) is 5.82 Å². The Hall–Kier alpha value is -1.02. The van der Waals surface area contributed by atoms with E-state index in [2.05, 4.69) is 29.7 Å². The number of nitrogens with zero attached hydrogens (tertiary/aromatic N) is 2. The van der Waals surface area contributed by atoms with E-state index in [1.54, 1.807) is 0 Å². The predicted octanol–water partition coefficient (Wildman–Crippen LogP) is 5.02. The minimum absolute atomic E-state index is 0.614. The number of halogens is 1. The molecule has 0 amide bonds. The molecule has 0 spiro atoms. The molecule has 3 rings (SSSR count). The van der Waals surface area contributed by atoms with E-state index in [-0.39, 0.29) is 0 Å². The van der Waals surface area contributed by atoms with Crippen molar-refractivity contribution in [3.63, 3.8) is 0 Å². The van der Waals surface area contributed by atoms with Crippen LogP contribution in [0.25, 0.3) is 11.0 Å². The molecule has 1 aromatic heterocycles. The number of benzene rings is 1. The maximum Gasteiger partial charge on any atom is 0.111 e. The van der Waals surface area contributed by atoms with Gasteiger partial charge in [-0.3, -0.25) is 0 Å². The average molecular weight is 291 g/mol. The molecule has 1 aliphatic rings. The van der Waals surface area contributed by atoms with Crippen molar-refractivity contribution in [2.45, 2.75) is 57.9 Å². The van der Waals surface area contributed by atoms with Gasteiger partial charge in [0.2, 0.25) is 0 Å². The standard InChI is InChI=1S/C17H23ClN2/c1-13-8-9-16-15(12-13)19-17(10-11-18)20(16)14-6-4-2-3-5-7-14/h8-9,12,14H,2-7,10-11H2,1H3. The van der Waals surface area contributed by atoms with Crippen molar-refractivity contribution in [1.82, 2.24) is 9.55 Å². The van der Waals surface area contributed by atoms with Gasteiger partial charge in [0, 0.05) is 18.3 Å². The number of rotatable bonds is 3. The van der Waals surface area contributed by atoms with E-state index in [0.717, 1.165) is 11.9 Å². The van der Waals surface area contributed by atoms with Gasteiger partial charge in [-0.25, -0.2) is 4.98 Å². The first kappa shape index (κ1) is 13.9. The molecule has 0 atom stereocenters. The van der Waals surface area contributed by atoms with Crippen LogP contribution in [0.4, 0.5) is 0 Å². The lowest BCUT2D eigenvalue weighted by atomic mass is 10.1. The number of fused-ring (bicyclic) bond motifs is 1. The molecule has 1 heterocycles. The van der Waals surface area contributed by atoms with Gasteiger partial charge in [-0.15, -0.1) is 11.6 Å². The molecule has 1 aromatic carbocycles. The highest BCUT2D eigenvalue weighted by molar-refractivity contribution is 6.17. The molecule has 0 bridgehead atoms. The van der Waals surface area contributed by atoms with Crippen molar-refractivity contribution in [2.75, 3.05) is 5.88 Å². The van der Waals surface area contributed by atoms with Crippen molar-refractivity contribution in [3.05, 3.63) is 29.6 Å². The average Bonchev–Trinajstić information content (AvgIpc) is 2.63. The van der Waals surface area contributed by atoms with Crippen molar-refractivity contribution in [2.24, 2.45) is 0 Å². The maximum atomic E-state index is 5.98. The number of hydrogen-bond donors (Lipinski definition) is 0. The maximum absolute atomic E-state index is 5.98. The lowest BCUT2D eigenvalue weighted by molar-refractivity contribution is 0.441. The highest BCUT2D eigenvalue weighted by Crippen LogP contribution is 2.32. The van der Waals surface area contributed by atoms with Crippen molar-refractivity contribution in [3.8, 4) is 0 Å². The molecule has 2 nitrogen and oxygen atoms in total. The van der Waals surface area contributed by atoms with E-state index in [0.29, 0.717) is 11.9 Å². The number of aryl methyl sites for hydroxylation is 2. The van der Waals surface area contributed by atoms with Crippen LogP contribution in [0.2, 0.25) is 0 Å². The summed E-state index contributed by atoms with van der Waals surface area (Å²) >= 11 is 5.98. The molecule has 0 N–H and O–H groups in total. The van der Waals surface area contributed by atoms with Gasteiger partial charge >= 0.3 is 0 Å². The van der Waals surface area contributed by atoms with Gasteiger partial charge in [-0.05, 0) is 37.5 Å². The third-order valence-electron chi connectivity index (χ3n) is 4.43.